The molecule has 2 atom stereocenters. The van der Waals surface area contributed by atoms with E-state index in [1.54, 1.807) is 0 Å². The van der Waals surface area contributed by atoms with Crippen LogP contribution in [-0.2, 0) is 11.2 Å². The van der Waals surface area contributed by atoms with Gasteiger partial charge in [0.05, 0.1) is 6.10 Å². The molecule has 0 aromatic heterocycles. The van der Waals surface area contributed by atoms with Gasteiger partial charge in [0.15, 0.2) is 0 Å². The van der Waals surface area contributed by atoms with Gasteiger partial charge in [0.1, 0.15) is 0 Å². The second-order valence-electron chi connectivity index (χ2n) is 5.39. The summed E-state index contributed by atoms with van der Waals surface area (Å²) in [6.45, 7) is 3.37. The number of ether oxygens (including phenoxy) is 1. The van der Waals surface area contributed by atoms with Crippen LogP contribution in [-0.4, -0.2) is 43.8 Å². The molecular weight excluding hydrogens is 224 g/mol. The maximum absolute atomic E-state index is 5.52. The second-order valence-corrected chi connectivity index (χ2v) is 5.39. The van der Waals surface area contributed by atoms with Crippen molar-refractivity contribution in [2.24, 2.45) is 0 Å². The van der Waals surface area contributed by atoms with Crippen LogP contribution < -0.4 is 5.32 Å². The Hall–Kier alpha value is -1.06. The predicted octanol–water partition coefficient (Wildman–Crippen LogP) is 2.13. The molecule has 2 unspecified atom stereocenters. The molecule has 0 bridgehead atoms. The van der Waals surface area contributed by atoms with Crippen molar-refractivity contribution in [3.8, 4) is 0 Å². The van der Waals surface area contributed by atoms with E-state index in [-0.39, 0.29) is 0 Å². The molecule has 1 saturated heterocycles. The monoisotopic (exact) mass is 246 g/mol. The largest absolute Gasteiger partial charge is 0.383 e. The zero-order valence-corrected chi connectivity index (χ0v) is 11.1. The molecule has 3 rings (SSSR count). The quantitative estimate of drug-likeness (QED) is 0.865. The lowest BCUT2D eigenvalue weighted by Gasteiger charge is -2.40. The van der Waals surface area contributed by atoms with Crippen LogP contribution in [0.15, 0.2) is 24.3 Å². The highest BCUT2D eigenvalue weighted by molar-refractivity contribution is 5.53. The molecule has 2 aliphatic heterocycles. The van der Waals surface area contributed by atoms with E-state index in [9.17, 15) is 0 Å². The van der Waals surface area contributed by atoms with Crippen molar-refractivity contribution in [2.45, 2.75) is 31.4 Å². The summed E-state index contributed by atoms with van der Waals surface area (Å²) in [5, 5.41) is 3.56. The summed E-state index contributed by atoms with van der Waals surface area (Å²) in [7, 11) is 1.84. The predicted molar refractivity (Wildman–Crippen MR) is 74.0 cm³/mol. The minimum atomic E-state index is 0.427. The van der Waals surface area contributed by atoms with Gasteiger partial charge in [-0.2, -0.15) is 0 Å². The topological polar surface area (TPSA) is 24.5 Å². The Balaban J connectivity index is 1.68. The molecule has 0 aliphatic carbocycles. The highest BCUT2D eigenvalue weighted by Crippen LogP contribution is 2.25. The smallest absolute Gasteiger partial charge is 0.0698 e. The lowest BCUT2D eigenvalue weighted by Crippen LogP contribution is -2.50. The van der Waals surface area contributed by atoms with Gasteiger partial charge >= 0.3 is 0 Å². The number of likely N-dealkylation sites (tertiary alicyclic amines) is 1. The van der Waals surface area contributed by atoms with Gasteiger partial charge in [-0.05, 0) is 37.4 Å². The van der Waals surface area contributed by atoms with Gasteiger partial charge in [0.2, 0.25) is 0 Å². The average molecular weight is 246 g/mol. The molecule has 18 heavy (non-hydrogen) atoms. The Morgan fingerprint density at radius 3 is 3.11 bits per heavy atom. The van der Waals surface area contributed by atoms with E-state index in [1.165, 1.54) is 37.1 Å². The second kappa shape index (κ2) is 5.29. The number of rotatable bonds is 2. The van der Waals surface area contributed by atoms with Gasteiger partial charge in [0.25, 0.3) is 0 Å². The van der Waals surface area contributed by atoms with Crippen molar-refractivity contribution in [3.05, 3.63) is 29.8 Å². The molecule has 1 aromatic carbocycles. The van der Waals surface area contributed by atoms with Crippen LogP contribution in [0.2, 0.25) is 0 Å². The van der Waals surface area contributed by atoms with Crippen molar-refractivity contribution in [2.75, 3.05) is 32.1 Å². The summed E-state index contributed by atoms with van der Waals surface area (Å²) >= 11 is 0. The third-order valence-corrected chi connectivity index (χ3v) is 4.26. The highest BCUT2D eigenvalue weighted by Gasteiger charge is 2.28. The average Bonchev–Trinajstić information content (AvgIpc) is 2.47. The van der Waals surface area contributed by atoms with E-state index in [0.29, 0.717) is 12.1 Å². The molecule has 3 heteroatoms. The SMILES string of the molecule is COC1CCCN(C2CNc3ccccc3C2)C1. The third-order valence-electron chi connectivity index (χ3n) is 4.26. The molecule has 0 radical (unpaired) electrons. The maximum atomic E-state index is 5.52. The zero-order valence-electron chi connectivity index (χ0n) is 11.1. The Labute approximate surface area is 109 Å². The van der Waals surface area contributed by atoms with Crippen LogP contribution >= 0.6 is 0 Å². The molecule has 1 N–H and O–H groups in total. The lowest BCUT2D eigenvalue weighted by atomic mass is 9.96. The number of para-hydroxylation sites is 1. The fourth-order valence-corrected chi connectivity index (χ4v) is 3.17. The number of benzene rings is 1. The lowest BCUT2D eigenvalue weighted by molar-refractivity contribution is 0.0161. The van der Waals surface area contributed by atoms with Gasteiger partial charge in [-0.25, -0.2) is 0 Å². The maximum Gasteiger partial charge on any atom is 0.0698 e. The number of fused-ring (bicyclic) bond motifs is 1. The Kier molecular flexibility index (Phi) is 3.52. The van der Waals surface area contributed by atoms with Crippen molar-refractivity contribution in [3.63, 3.8) is 0 Å². The number of nitrogens with one attached hydrogen (secondary N) is 1. The van der Waals surface area contributed by atoms with Crippen LogP contribution in [0.25, 0.3) is 0 Å². The van der Waals surface area contributed by atoms with Crippen LogP contribution in [0.1, 0.15) is 18.4 Å². The van der Waals surface area contributed by atoms with Gasteiger partial charge < -0.3 is 10.1 Å². The summed E-state index contributed by atoms with van der Waals surface area (Å²) in [6, 6.07) is 9.29. The van der Waals surface area contributed by atoms with E-state index in [1.807, 2.05) is 7.11 Å². The van der Waals surface area contributed by atoms with E-state index < -0.39 is 0 Å². The first-order chi connectivity index (χ1) is 8.86. The zero-order chi connectivity index (χ0) is 12.4. The van der Waals surface area contributed by atoms with Crippen molar-refractivity contribution in [1.82, 2.24) is 4.90 Å². The van der Waals surface area contributed by atoms with E-state index in [0.717, 1.165) is 13.1 Å². The molecule has 0 saturated carbocycles. The minimum absolute atomic E-state index is 0.427. The molecule has 0 spiro atoms. The van der Waals surface area contributed by atoms with Crippen molar-refractivity contribution in [1.29, 1.82) is 0 Å². The van der Waals surface area contributed by atoms with Crippen LogP contribution in [0.5, 0.6) is 0 Å². The number of hydrogen-bond donors (Lipinski definition) is 1. The first-order valence-electron chi connectivity index (χ1n) is 6.95. The first kappa shape index (κ1) is 12.0. The van der Waals surface area contributed by atoms with Crippen molar-refractivity contribution >= 4 is 5.69 Å². The number of methoxy groups -OCH3 is 1. The fourth-order valence-electron chi connectivity index (χ4n) is 3.17. The standard InChI is InChI=1S/C15H22N2O/c1-18-14-6-4-8-17(11-14)13-9-12-5-2-3-7-15(12)16-10-13/h2-3,5,7,13-14,16H,4,6,8-11H2,1H3. The number of piperidine rings is 1. The third kappa shape index (κ3) is 2.38. The van der Waals surface area contributed by atoms with Gasteiger partial charge in [-0.1, -0.05) is 18.2 Å². The molecule has 2 aliphatic rings. The summed E-state index contributed by atoms with van der Waals surface area (Å²) in [5.41, 5.74) is 2.77. The van der Waals surface area contributed by atoms with E-state index in [4.69, 9.17) is 4.74 Å². The molecule has 98 valence electrons. The van der Waals surface area contributed by atoms with Gasteiger partial charge in [-0.3, -0.25) is 4.90 Å². The van der Waals surface area contributed by atoms with Gasteiger partial charge in [-0.15, -0.1) is 0 Å². The van der Waals surface area contributed by atoms with Crippen LogP contribution in [0.3, 0.4) is 0 Å². The van der Waals surface area contributed by atoms with Crippen LogP contribution in [0.4, 0.5) is 5.69 Å². The molecule has 2 heterocycles. The summed E-state index contributed by atoms with van der Waals surface area (Å²) in [6.07, 6.45) is 4.07. The van der Waals surface area contributed by atoms with E-state index in [2.05, 4.69) is 34.5 Å². The fraction of sp³-hybridized carbons (Fsp3) is 0.600. The first-order valence-corrected chi connectivity index (χ1v) is 6.95. The van der Waals surface area contributed by atoms with Crippen LogP contribution in [0, 0.1) is 0 Å². The number of nitrogens with zero attached hydrogens (tertiary/aromatic N) is 1. The number of anilines is 1. The molecule has 1 fully saturated rings. The molecule has 1 aromatic rings. The van der Waals surface area contributed by atoms with Crippen molar-refractivity contribution < 1.29 is 4.74 Å². The Morgan fingerprint density at radius 2 is 2.22 bits per heavy atom. The number of hydrogen-bond acceptors (Lipinski definition) is 3. The molecule has 3 nitrogen and oxygen atoms in total. The Bertz CT molecular complexity index is 407. The van der Waals surface area contributed by atoms with E-state index >= 15 is 0 Å². The highest BCUT2D eigenvalue weighted by atomic mass is 16.5. The summed E-state index contributed by atoms with van der Waals surface area (Å²) in [4.78, 5) is 2.60. The Morgan fingerprint density at radius 1 is 1.33 bits per heavy atom. The molecule has 0 amide bonds. The van der Waals surface area contributed by atoms with Gasteiger partial charge in [0, 0.05) is 31.9 Å². The minimum Gasteiger partial charge on any atom is -0.383 e. The normalized spacial score (nSPS) is 28.5. The summed E-state index contributed by atoms with van der Waals surface area (Å²) in [5.74, 6) is 0. The molecular formula is C15H22N2O. The summed E-state index contributed by atoms with van der Waals surface area (Å²) < 4.78 is 5.52.